The maximum atomic E-state index is 11.7. The summed E-state index contributed by atoms with van der Waals surface area (Å²) in [6.45, 7) is 2.26. The number of nitrogens with one attached hydrogen (secondary N) is 1. The van der Waals surface area contributed by atoms with Crippen LogP contribution in [0.2, 0.25) is 5.02 Å². The minimum Gasteiger partial charge on any atom is -0.274 e. The average molecular weight is 282 g/mol. The van der Waals surface area contributed by atoms with Crippen LogP contribution in [0.4, 0.5) is 0 Å². The molecule has 1 aromatic heterocycles. The lowest BCUT2D eigenvalue weighted by molar-refractivity contribution is 0.0368. The summed E-state index contributed by atoms with van der Waals surface area (Å²) in [6.07, 6.45) is 0. The minimum absolute atomic E-state index is 0.220. The number of halogens is 1. The minimum atomic E-state index is -0.220. The Labute approximate surface area is 114 Å². The molecule has 0 atom stereocenters. The van der Waals surface area contributed by atoms with Crippen molar-refractivity contribution >= 4 is 28.8 Å². The standard InChI is InChI=1S/C13H12ClNO2S/c1-2-17-15-13(16)12-8-7-11(18-12)9-3-5-10(14)6-4-9/h3-8H,2H2,1H3,(H,15,16). The van der Waals surface area contributed by atoms with Gasteiger partial charge in [0.15, 0.2) is 0 Å². The van der Waals surface area contributed by atoms with Gasteiger partial charge < -0.3 is 0 Å². The van der Waals surface area contributed by atoms with E-state index >= 15 is 0 Å². The molecule has 94 valence electrons. The topological polar surface area (TPSA) is 38.3 Å². The molecule has 0 saturated carbocycles. The molecule has 0 fully saturated rings. The molecule has 0 radical (unpaired) electrons. The molecule has 0 aliphatic heterocycles. The number of hydroxylamine groups is 1. The van der Waals surface area contributed by atoms with Crippen molar-refractivity contribution < 1.29 is 9.63 Å². The second kappa shape index (κ2) is 6.00. The van der Waals surface area contributed by atoms with E-state index in [2.05, 4.69) is 5.48 Å². The molecule has 18 heavy (non-hydrogen) atoms. The van der Waals surface area contributed by atoms with Crippen LogP contribution in [0.3, 0.4) is 0 Å². The van der Waals surface area contributed by atoms with E-state index in [1.807, 2.05) is 37.3 Å². The van der Waals surface area contributed by atoms with Gasteiger partial charge in [-0.3, -0.25) is 9.63 Å². The summed E-state index contributed by atoms with van der Waals surface area (Å²) in [7, 11) is 0. The number of amides is 1. The van der Waals surface area contributed by atoms with Crippen LogP contribution < -0.4 is 5.48 Å². The highest BCUT2D eigenvalue weighted by Crippen LogP contribution is 2.28. The largest absolute Gasteiger partial charge is 0.284 e. The molecular weight excluding hydrogens is 270 g/mol. The summed E-state index contributed by atoms with van der Waals surface area (Å²) in [5.41, 5.74) is 3.41. The van der Waals surface area contributed by atoms with Crippen molar-refractivity contribution in [1.29, 1.82) is 0 Å². The van der Waals surface area contributed by atoms with Crippen LogP contribution in [-0.2, 0) is 4.84 Å². The number of rotatable bonds is 4. The zero-order valence-corrected chi connectivity index (χ0v) is 11.3. The van der Waals surface area contributed by atoms with E-state index in [9.17, 15) is 4.79 Å². The zero-order valence-electron chi connectivity index (χ0n) is 9.77. The van der Waals surface area contributed by atoms with Crippen molar-refractivity contribution in [2.75, 3.05) is 6.61 Å². The molecule has 0 bridgehead atoms. The van der Waals surface area contributed by atoms with Crippen LogP contribution >= 0.6 is 22.9 Å². The maximum Gasteiger partial charge on any atom is 0.284 e. The van der Waals surface area contributed by atoms with Gasteiger partial charge in [0.1, 0.15) is 0 Å². The first-order valence-electron chi connectivity index (χ1n) is 5.48. The van der Waals surface area contributed by atoms with E-state index in [0.29, 0.717) is 16.5 Å². The summed E-state index contributed by atoms with van der Waals surface area (Å²) < 4.78 is 0. The van der Waals surface area contributed by atoms with Gasteiger partial charge in [-0.15, -0.1) is 11.3 Å². The Kier molecular flexibility index (Phi) is 4.36. The van der Waals surface area contributed by atoms with E-state index in [0.717, 1.165) is 10.4 Å². The molecule has 0 saturated heterocycles. The third kappa shape index (κ3) is 3.10. The van der Waals surface area contributed by atoms with Crippen molar-refractivity contribution in [2.24, 2.45) is 0 Å². The highest BCUT2D eigenvalue weighted by Gasteiger charge is 2.09. The summed E-state index contributed by atoms with van der Waals surface area (Å²) in [4.78, 5) is 18.2. The molecule has 2 aromatic rings. The summed E-state index contributed by atoms with van der Waals surface area (Å²) in [6, 6.07) is 11.2. The number of hydrogen-bond acceptors (Lipinski definition) is 3. The molecule has 0 unspecified atom stereocenters. The first-order chi connectivity index (χ1) is 8.70. The van der Waals surface area contributed by atoms with Crippen LogP contribution in [0.5, 0.6) is 0 Å². The van der Waals surface area contributed by atoms with E-state index < -0.39 is 0 Å². The van der Waals surface area contributed by atoms with Crippen molar-refractivity contribution in [2.45, 2.75) is 6.92 Å². The summed E-state index contributed by atoms with van der Waals surface area (Å²) in [5, 5.41) is 0.699. The van der Waals surface area contributed by atoms with Crippen LogP contribution in [0.15, 0.2) is 36.4 Å². The number of thiophene rings is 1. The Balaban J connectivity index is 2.15. The quantitative estimate of drug-likeness (QED) is 0.867. The molecule has 2 rings (SSSR count). The lowest BCUT2D eigenvalue weighted by Gasteiger charge is -2.00. The van der Waals surface area contributed by atoms with Crippen LogP contribution in [0.25, 0.3) is 10.4 Å². The lowest BCUT2D eigenvalue weighted by atomic mass is 10.2. The fourth-order valence-electron chi connectivity index (χ4n) is 1.42. The Morgan fingerprint density at radius 3 is 2.67 bits per heavy atom. The summed E-state index contributed by atoms with van der Waals surface area (Å²) in [5.74, 6) is -0.220. The van der Waals surface area contributed by atoms with E-state index in [1.54, 1.807) is 6.07 Å². The Morgan fingerprint density at radius 2 is 2.00 bits per heavy atom. The highest BCUT2D eigenvalue weighted by atomic mass is 35.5. The fourth-order valence-corrected chi connectivity index (χ4v) is 2.44. The van der Waals surface area contributed by atoms with Gasteiger partial charge in [-0.1, -0.05) is 23.7 Å². The van der Waals surface area contributed by atoms with Gasteiger partial charge in [-0.05, 0) is 36.8 Å². The molecule has 1 amide bonds. The predicted molar refractivity (Wildman–Crippen MR) is 73.9 cm³/mol. The molecule has 0 aliphatic rings. The fraction of sp³-hybridized carbons (Fsp3) is 0.154. The number of hydrogen-bond donors (Lipinski definition) is 1. The monoisotopic (exact) mass is 281 g/mol. The molecule has 1 heterocycles. The van der Waals surface area contributed by atoms with Crippen molar-refractivity contribution in [3.8, 4) is 10.4 Å². The van der Waals surface area contributed by atoms with Gasteiger partial charge in [0.25, 0.3) is 5.91 Å². The third-order valence-electron chi connectivity index (χ3n) is 2.27. The molecule has 5 heteroatoms. The predicted octanol–water partition coefficient (Wildman–Crippen LogP) is 3.75. The van der Waals surface area contributed by atoms with Crippen molar-refractivity contribution in [3.63, 3.8) is 0 Å². The third-order valence-corrected chi connectivity index (χ3v) is 3.65. The zero-order chi connectivity index (χ0) is 13.0. The Morgan fingerprint density at radius 1 is 1.28 bits per heavy atom. The number of benzene rings is 1. The van der Waals surface area contributed by atoms with E-state index in [1.165, 1.54) is 11.3 Å². The van der Waals surface area contributed by atoms with Gasteiger partial charge in [0.2, 0.25) is 0 Å². The van der Waals surface area contributed by atoms with Crippen LogP contribution in [0.1, 0.15) is 16.6 Å². The van der Waals surface area contributed by atoms with Crippen LogP contribution in [0, 0.1) is 0 Å². The summed E-state index contributed by atoms with van der Waals surface area (Å²) >= 11 is 7.25. The average Bonchev–Trinajstić information content (AvgIpc) is 2.86. The Hall–Kier alpha value is -1.36. The van der Waals surface area contributed by atoms with Gasteiger partial charge in [0, 0.05) is 9.90 Å². The second-order valence-electron chi connectivity index (χ2n) is 3.53. The highest BCUT2D eigenvalue weighted by molar-refractivity contribution is 7.17. The molecule has 1 aromatic carbocycles. The normalized spacial score (nSPS) is 10.3. The molecule has 3 nitrogen and oxygen atoms in total. The second-order valence-corrected chi connectivity index (χ2v) is 5.06. The van der Waals surface area contributed by atoms with E-state index in [-0.39, 0.29) is 5.91 Å². The molecule has 0 spiro atoms. The molecule has 1 N–H and O–H groups in total. The number of carbonyl (C=O) groups is 1. The Bertz CT molecular complexity index is 536. The van der Waals surface area contributed by atoms with Crippen molar-refractivity contribution in [1.82, 2.24) is 5.48 Å². The first-order valence-corrected chi connectivity index (χ1v) is 6.68. The number of carbonyl (C=O) groups excluding carboxylic acids is 1. The smallest absolute Gasteiger partial charge is 0.274 e. The van der Waals surface area contributed by atoms with E-state index in [4.69, 9.17) is 16.4 Å². The lowest BCUT2D eigenvalue weighted by Crippen LogP contribution is -2.22. The van der Waals surface area contributed by atoms with Gasteiger partial charge in [-0.25, -0.2) is 5.48 Å². The molecular formula is C13H12ClNO2S. The SMILES string of the molecule is CCONC(=O)c1ccc(-c2ccc(Cl)cc2)s1. The van der Waals surface area contributed by atoms with Gasteiger partial charge >= 0.3 is 0 Å². The van der Waals surface area contributed by atoms with Gasteiger partial charge in [0.05, 0.1) is 11.5 Å². The van der Waals surface area contributed by atoms with Gasteiger partial charge in [-0.2, -0.15) is 0 Å². The first kappa shape index (κ1) is 13.1. The van der Waals surface area contributed by atoms with Crippen LogP contribution in [-0.4, -0.2) is 12.5 Å². The van der Waals surface area contributed by atoms with Crippen molar-refractivity contribution in [3.05, 3.63) is 46.3 Å². The molecule has 0 aliphatic carbocycles. The maximum absolute atomic E-state index is 11.7.